The van der Waals surface area contributed by atoms with Crippen molar-refractivity contribution in [3.05, 3.63) is 231 Å². The minimum atomic E-state index is 0.849. The van der Waals surface area contributed by atoms with Gasteiger partial charge in [0.25, 0.3) is 0 Å². The van der Waals surface area contributed by atoms with Crippen LogP contribution >= 0.6 is 0 Å². The average molecular weight is 819 g/mol. The molecule has 10 aromatic carbocycles. The van der Waals surface area contributed by atoms with Gasteiger partial charge < -0.3 is 18.3 Å². The Labute approximate surface area is 369 Å². The number of aromatic nitrogens is 1. The van der Waals surface area contributed by atoms with Gasteiger partial charge in [-0.3, -0.25) is 0 Å². The largest absolute Gasteiger partial charge is 0.455 e. The van der Waals surface area contributed by atoms with E-state index in [4.69, 9.17) is 8.83 Å². The van der Waals surface area contributed by atoms with E-state index in [0.717, 1.165) is 94.4 Å². The number of fused-ring (bicyclic) bond motifs is 9. The van der Waals surface area contributed by atoms with E-state index < -0.39 is 0 Å². The molecule has 0 spiro atoms. The van der Waals surface area contributed by atoms with E-state index in [1.165, 1.54) is 27.4 Å². The van der Waals surface area contributed by atoms with Crippen LogP contribution in [-0.2, 0) is 0 Å². The summed E-state index contributed by atoms with van der Waals surface area (Å²) in [6.45, 7) is 0. The van der Waals surface area contributed by atoms with Crippen LogP contribution < -0.4 is 4.90 Å². The van der Waals surface area contributed by atoms with Gasteiger partial charge in [0.05, 0.1) is 16.7 Å². The summed E-state index contributed by atoms with van der Waals surface area (Å²) in [6.07, 6.45) is 0. The second-order valence-electron chi connectivity index (χ2n) is 16.4. The lowest BCUT2D eigenvalue weighted by Crippen LogP contribution is -2.11. The lowest BCUT2D eigenvalue weighted by Gasteiger charge is -2.28. The summed E-state index contributed by atoms with van der Waals surface area (Å²) in [4.78, 5) is 2.36. The highest BCUT2D eigenvalue weighted by atomic mass is 16.3. The number of hydrogen-bond acceptors (Lipinski definition) is 3. The summed E-state index contributed by atoms with van der Waals surface area (Å²) in [6, 6.07) is 82.1. The zero-order chi connectivity index (χ0) is 42.1. The van der Waals surface area contributed by atoms with Gasteiger partial charge >= 0.3 is 0 Å². The minimum absolute atomic E-state index is 0.849. The molecule has 3 heterocycles. The minimum Gasteiger partial charge on any atom is -0.455 e. The summed E-state index contributed by atoms with van der Waals surface area (Å²) in [7, 11) is 0. The van der Waals surface area contributed by atoms with Gasteiger partial charge in [0.15, 0.2) is 0 Å². The van der Waals surface area contributed by atoms with E-state index in [1.54, 1.807) is 0 Å². The number of rotatable bonds is 7. The van der Waals surface area contributed by atoms with Crippen LogP contribution in [0.1, 0.15) is 0 Å². The molecule has 13 aromatic rings. The van der Waals surface area contributed by atoms with Crippen molar-refractivity contribution in [1.29, 1.82) is 0 Å². The van der Waals surface area contributed by atoms with Crippen molar-refractivity contribution >= 4 is 82.7 Å². The van der Waals surface area contributed by atoms with Crippen molar-refractivity contribution in [2.45, 2.75) is 0 Å². The maximum Gasteiger partial charge on any atom is 0.145 e. The van der Waals surface area contributed by atoms with Crippen LogP contribution in [0.5, 0.6) is 0 Å². The number of nitrogens with zero attached hydrogens (tertiary/aromatic N) is 2. The first-order valence-corrected chi connectivity index (χ1v) is 21.7. The zero-order valence-electron chi connectivity index (χ0n) is 34.7. The normalized spacial score (nSPS) is 11.8. The van der Waals surface area contributed by atoms with Crippen molar-refractivity contribution in [3.63, 3.8) is 0 Å². The quantitative estimate of drug-likeness (QED) is 0.161. The number of benzene rings is 10. The Balaban J connectivity index is 1.01. The van der Waals surface area contributed by atoms with Gasteiger partial charge in [0.1, 0.15) is 22.3 Å². The smallest absolute Gasteiger partial charge is 0.145 e. The van der Waals surface area contributed by atoms with E-state index in [1.807, 2.05) is 18.2 Å². The van der Waals surface area contributed by atoms with Crippen molar-refractivity contribution in [3.8, 4) is 39.1 Å². The molecule has 0 aliphatic carbocycles. The van der Waals surface area contributed by atoms with Gasteiger partial charge in [-0.15, -0.1) is 0 Å². The van der Waals surface area contributed by atoms with Crippen molar-refractivity contribution < 1.29 is 8.83 Å². The van der Waals surface area contributed by atoms with Gasteiger partial charge in [0, 0.05) is 60.5 Å². The third kappa shape index (κ3) is 5.70. The summed E-state index contributed by atoms with van der Waals surface area (Å²) < 4.78 is 15.7. The first kappa shape index (κ1) is 36.1. The number of para-hydroxylation sites is 5. The molecule has 0 aliphatic rings. The van der Waals surface area contributed by atoms with Gasteiger partial charge in [-0.05, 0) is 95.1 Å². The van der Waals surface area contributed by atoms with Crippen LogP contribution in [-0.4, -0.2) is 4.57 Å². The fourth-order valence-electron chi connectivity index (χ4n) is 9.85. The summed E-state index contributed by atoms with van der Waals surface area (Å²) in [5.41, 5.74) is 16.6. The monoisotopic (exact) mass is 818 g/mol. The molecule has 0 atom stereocenters. The maximum absolute atomic E-state index is 6.90. The van der Waals surface area contributed by atoms with E-state index in [0.29, 0.717) is 0 Å². The Morgan fingerprint density at radius 1 is 0.312 bits per heavy atom. The molecule has 0 amide bonds. The Bertz CT molecular complexity index is 3820. The highest BCUT2D eigenvalue weighted by Gasteiger charge is 2.24. The molecule has 13 rings (SSSR count). The molecule has 0 unspecified atom stereocenters. The standard InChI is InChI=1S/C60H38N2O2/c1-2-13-39(14-3-1)40-25-31-43(32-26-40)61(44-33-27-41(28-34-44)46-19-12-20-51-49-17-6-10-23-56(49)63-59(46)51)55-38-37-52-50-18-7-11-24-57(50)64-60(52)58(55)42-29-35-45(36-30-42)62-53-21-8-4-15-47(53)48-16-5-9-22-54(48)62/h1-38H. The molecule has 3 aromatic heterocycles. The Kier molecular flexibility index (Phi) is 8.18. The summed E-state index contributed by atoms with van der Waals surface area (Å²) in [5, 5.41) is 6.89. The third-order valence-electron chi connectivity index (χ3n) is 12.8. The second-order valence-corrected chi connectivity index (χ2v) is 16.4. The van der Waals surface area contributed by atoms with Crippen molar-refractivity contribution in [2.24, 2.45) is 0 Å². The molecule has 0 saturated carbocycles. The molecular weight excluding hydrogens is 781 g/mol. The van der Waals surface area contributed by atoms with Gasteiger partial charge in [-0.1, -0.05) is 158 Å². The average Bonchev–Trinajstić information content (AvgIpc) is 4.05. The van der Waals surface area contributed by atoms with Crippen LogP contribution in [0.4, 0.5) is 17.1 Å². The van der Waals surface area contributed by atoms with Crippen molar-refractivity contribution in [2.75, 3.05) is 4.90 Å². The van der Waals surface area contributed by atoms with Gasteiger partial charge in [0.2, 0.25) is 0 Å². The van der Waals surface area contributed by atoms with E-state index >= 15 is 0 Å². The van der Waals surface area contributed by atoms with E-state index in [-0.39, 0.29) is 0 Å². The molecule has 64 heavy (non-hydrogen) atoms. The predicted octanol–water partition coefficient (Wildman–Crippen LogP) is 17.1. The molecule has 0 radical (unpaired) electrons. The molecule has 0 saturated heterocycles. The van der Waals surface area contributed by atoms with Gasteiger partial charge in [-0.25, -0.2) is 0 Å². The fourth-order valence-corrected chi connectivity index (χ4v) is 9.85. The lowest BCUT2D eigenvalue weighted by molar-refractivity contribution is 0.669. The molecule has 4 heteroatoms. The van der Waals surface area contributed by atoms with Gasteiger partial charge in [-0.2, -0.15) is 0 Å². The molecular formula is C60H38N2O2. The number of furan rings is 2. The highest BCUT2D eigenvalue weighted by Crippen LogP contribution is 2.48. The zero-order valence-corrected chi connectivity index (χ0v) is 34.7. The Hall–Kier alpha value is -8.60. The second kappa shape index (κ2) is 14.5. The first-order valence-electron chi connectivity index (χ1n) is 21.7. The topological polar surface area (TPSA) is 34.5 Å². The molecule has 4 nitrogen and oxygen atoms in total. The molecule has 0 N–H and O–H groups in total. The van der Waals surface area contributed by atoms with Crippen molar-refractivity contribution in [1.82, 2.24) is 4.57 Å². The Morgan fingerprint density at radius 2 is 0.797 bits per heavy atom. The van der Waals surface area contributed by atoms with Crippen LogP contribution in [0, 0.1) is 0 Å². The van der Waals surface area contributed by atoms with E-state index in [9.17, 15) is 0 Å². The Morgan fingerprint density at radius 3 is 1.44 bits per heavy atom. The summed E-state index contributed by atoms with van der Waals surface area (Å²) in [5.74, 6) is 0. The lowest BCUT2D eigenvalue weighted by atomic mass is 9.97. The fraction of sp³-hybridized carbons (Fsp3) is 0. The molecule has 0 fully saturated rings. The van der Waals surface area contributed by atoms with Crippen LogP contribution in [0.3, 0.4) is 0 Å². The molecule has 0 bridgehead atoms. The maximum atomic E-state index is 6.90. The number of hydrogen-bond donors (Lipinski definition) is 0. The molecule has 0 aliphatic heterocycles. The van der Waals surface area contributed by atoms with Crippen LogP contribution in [0.2, 0.25) is 0 Å². The predicted molar refractivity (Wildman–Crippen MR) is 266 cm³/mol. The summed E-state index contributed by atoms with van der Waals surface area (Å²) >= 11 is 0. The SMILES string of the molecule is c1ccc(-c2ccc(N(c3ccc(-c4cccc5c4oc4ccccc45)cc3)c3ccc4c(oc5ccccc54)c3-c3ccc(-n4c5ccccc5c5ccccc54)cc3)cc2)cc1. The molecule has 300 valence electrons. The highest BCUT2D eigenvalue weighted by molar-refractivity contribution is 6.14. The van der Waals surface area contributed by atoms with E-state index in [2.05, 4.69) is 222 Å². The first-order chi connectivity index (χ1) is 31.7. The third-order valence-corrected chi connectivity index (χ3v) is 12.8. The number of anilines is 3. The van der Waals surface area contributed by atoms with Crippen LogP contribution in [0.15, 0.2) is 239 Å². The van der Waals surface area contributed by atoms with Crippen LogP contribution in [0.25, 0.3) is 105 Å².